The van der Waals surface area contributed by atoms with E-state index in [9.17, 15) is 0 Å². The molecule has 1 aliphatic rings. The maximum Gasteiger partial charge on any atom is 0.0996 e. The Kier molecular flexibility index (Phi) is 2.85. The first-order valence-electron chi connectivity index (χ1n) is 1.96. The maximum absolute atomic E-state index is 5.55. The number of rotatable bonds is 0. The molecule has 38 valence electrons. The van der Waals surface area contributed by atoms with Gasteiger partial charge in [0.2, 0.25) is 0 Å². The van der Waals surface area contributed by atoms with Gasteiger partial charge in [0.05, 0.1) is 7.85 Å². The van der Waals surface area contributed by atoms with Gasteiger partial charge in [-0.2, -0.15) is 0 Å². The second kappa shape index (κ2) is 3.20. The van der Waals surface area contributed by atoms with Crippen molar-refractivity contribution in [3.05, 3.63) is 0 Å². The Balaban J connectivity index is 2.12. The lowest BCUT2D eigenvalue weighted by atomic mass is 10.2. The van der Waals surface area contributed by atoms with Crippen LogP contribution in [0.15, 0.2) is 0 Å². The maximum atomic E-state index is 5.55. The fourth-order valence-electron chi connectivity index (χ4n) is 0.312. The van der Waals surface area contributed by atoms with Gasteiger partial charge in [-0.15, -0.1) is 35.3 Å². The van der Waals surface area contributed by atoms with Crippen LogP contribution >= 0.6 is 35.3 Å². The molecule has 7 heavy (non-hydrogen) atoms. The molecule has 0 bridgehead atoms. The number of thioether (sulfide) groups is 3. The van der Waals surface area contributed by atoms with Gasteiger partial charge in [-0.1, -0.05) is 0 Å². The Morgan fingerprint density at radius 2 is 1.86 bits per heavy atom. The lowest BCUT2D eigenvalue weighted by Crippen LogP contribution is -2.00. The summed E-state index contributed by atoms with van der Waals surface area (Å²) in [5.41, 5.74) is 0. The molecule has 0 atom stereocenters. The Morgan fingerprint density at radius 3 is 2.14 bits per heavy atom. The minimum Gasteiger partial charge on any atom is -0.147 e. The van der Waals surface area contributed by atoms with Crippen molar-refractivity contribution in [3.63, 3.8) is 0 Å². The third-order valence-corrected chi connectivity index (χ3v) is 4.53. The average molecular weight is 148 g/mol. The molecule has 0 nitrogen and oxygen atoms in total. The Labute approximate surface area is 58.0 Å². The zero-order valence-corrected chi connectivity index (χ0v) is 6.24. The molecule has 1 heterocycles. The molecule has 0 aromatic carbocycles. The zero-order chi connectivity index (χ0) is 5.11. The molecule has 1 rings (SSSR count). The summed E-state index contributed by atoms with van der Waals surface area (Å²) in [6.45, 7) is 0. The summed E-state index contributed by atoms with van der Waals surface area (Å²) >= 11 is 5.59. The van der Waals surface area contributed by atoms with E-state index < -0.39 is 0 Å². The van der Waals surface area contributed by atoms with Gasteiger partial charge in [0.15, 0.2) is 0 Å². The van der Waals surface area contributed by atoms with Gasteiger partial charge in [-0.05, 0) is 0 Å². The first-order chi connectivity index (χ1) is 3.39. The lowest BCUT2D eigenvalue weighted by molar-refractivity contribution is 1.92. The van der Waals surface area contributed by atoms with Crippen LogP contribution in [0.25, 0.3) is 0 Å². The van der Waals surface area contributed by atoms with E-state index in [1.807, 2.05) is 35.3 Å². The van der Waals surface area contributed by atoms with E-state index in [0.717, 1.165) is 0 Å². The lowest BCUT2D eigenvalue weighted by Gasteiger charge is -2.15. The molecule has 4 heteroatoms. The Hall–Kier alpha value is 1.11. The highest BCUT2D eigenvalue weighted by Crippen LogP contribution is 2.33. The van der Waals surface area contributed by atoms with E-state index in [0.29, 0.717) is 4.48 Å². The van der Waals surface area contributed by atoms with E-state index in [1.165, 1.54) is 10.2 Å². The first kappa shape index (κ1) is 6.24. The van der Waals surface area contributed by atoms with Crippen LogP contribution in [0.3, 0.4) is 0 Å². The third-order valence-electron chi connectivity index (χ3n) is 0.631. The highest BCUT2D eigenvalue weighted by atomic mass is 32.3. The molecular formula is C3H5BS3. The molecular weight excluding hydrogens is 143 g/mol. The van der Waals surface area contributed by atoms with Crippen molar-refractivity contribution in [1.29, 1.82) is 0 Å². The largest absolute Gasteiger partial charge is 0.147 e. The SMILES string of the molecule is [B]C1SCSCS1. The van der Waals surface area contributed by atoms with Crippen molar-refractivity contribution in [2.45, 2.75) is 4.48 Å². The summed E-state index contributed by atoms with van der Waals surface area (Å²) in [6.07, 6.45) is 0. The van der Waals surface area contributed by atoms with Gasteiger partial charge in [-0.25, -0.2) is 0 Å². The molecule has 1 aliphatic heterocycles. The molecule has 0 amide bonds. The quantitative estimate of drug-likeness (QED) is 0.478. The van der Waals surface area contributed by atoms with Gasteiger partial charge in [0.25, 0.3) is 0 Å². The van der Waals surface area contributed by atoms with Gasteiger partial charge in [0, 0.05) is 14.7 Å². The number of hydrogen-bond donors (Lipinski definition) is 0. The molecule has 0 unspecified atom stereocenters. The van der Waals surface area contributed by atoms with Crippen molar-refractivity contribution in [2.75, 3.05) is 10.2 Å². The normalized spacial score (nSPS) is 25.1. The summed E-state index contributed by atoms with van der Waals surface area (Å²) < 4.78 is 0.348. The fourth-order valence-corrected chi connectivity index (χ4v) is 4.42. The second-order valence-corrected chi connectivity index (χ2v) is 5.42. The molecule has 0 aromatic rings. The molecule has 0 spiro atoms. The van der Waals surface area contributed by atoms with Crippen LogP contribution in [-0.4, -0.2) is 22.5 Å². The summed E-state index contributed by atoms with van der Waals surface area (Å²) in [6, 6.07) is 0. The number of hydrogen-bond acceptors (Lipinski definition) is 3. The van der Waals surface area contributed by atoms with Crippen molar-refractivity contribution in [3.8, 4) is 0 Å². The van der Waals surface area contributed by atoms with E-state index in [1.54, 1.807) is 0 Å². The predicted molar refractivity (Wildman–Crippen MR) is 42.0 cm³/mol. The van der Waals surface area contributed by atoms with Crippen molar-refractivity contribution >= 4 is 43.1 Å². The van der Waals surface area contributed by atoms with Crippen LogP contribution in [0.4, 0.5) is 0 Å². The minimum absolute atomic E-state index is 0.348. The van der Waals surface area contributed by atoms with Crippen LogP contribution in [0, 0.1) is 0 Å². The molecule has 1 fully saturated rings. The molecule has 2 radical (unpaired) electrons. The van der Waals surface area contributed by atoms with E-state index in [2.05, 4.69) is 0 Å². The topological polar surface area (TPSA) is 0 Å². The van der Waals surface area contributed by atoms with Crippen LogP contribution in [-0.2, 0) is 0 Å². The van der Waals surface area contributed by atoms with Gasteiger partial charge < -0.3 is 0 Å². The van der Waals surface area contributed by atoms with E-state index in [4.69, 9.17) is 7.85 Å². The summed E-state index contributed by atoms with van der Waals surface area (Å²) in [5.74, 6) is 0. The van der Waals surface area contributed by atoms with Crippen LogP contribution in [0.2, 0.25) is 0 Å². The smallest absolute Gasteiger partial charge is 0.0996 e. The summed E-state index contributed by atoms with van der Waals surface area (Å²) in [5, 5.41) is 2.35. The minimum atomic E-state index is 0.348. The van der Waals surface area contributed by atoms with Crippen molar-refractivity contribution in [2.24, 2.45) is 0 Å². The molecule has 0 N–H and O–H groups in total. The highest BCUT2D eigenvalue weighted by Gasteiger charge is 2.06. The molecule has 1 saturated heterocycles. The average Bonchev–Trinajstić information content (AvgIpc) is 1.69. The molecule has 0 saturated carbocycles. The predicted octanol–water partition coefficient (Wildman–Crippen LogP) is 1.57. The fraction of sp³-hybridized carbons (Fsp3) is 1.00. The van der Waals surface area contributed by atoms with E-state index >= 15 is 0 Å². The zero-order valence-electron chi connectivity index (χ0n) is 3.79. The van der Waals surface area contributed by atoms with Crippen LogP contribution < -0.4 is 0 Å². The standard InChI is InChI=1S/C3H5BS3/c4-3-6-1-5-2-7-3/h3H,1-2H2. The van der Waals surface area contributed by atoms with Gasteiger partial charge >= 0.3 is 0 Å². The highest BCUT2D eigenvalue weighted by molar-refractivity contribution is 8.33. The van der Waals surface area contributed by atoms with Gasteiger partial charge in [0.1, 0.15) is 0 Å². The van der Waals surface area contributed by atoms with Crippen LogP contribution in [0.5, 0.6) is 0 Å². The van der Waals surface area contributed by atoms with Crippen LogP contribution in [0.1, 0.15) is 0 Å². The summed E-state index contributed by atoms with van der Waals surface area (Å²) in [7, 11) is 5.55. The monoisotopic (exact) mass is 148 g/mol. The van der Waals surface area contributed by atoms with E-state index in [-0.39, 0.29) is 0 Å². The third kappa shape index (κ3) is 2.24. The Morgan fingerprint density at radius 1 is 1.29 bits per heavy atom. The second-order valence-electron chi connectivity index (χ2n) is 1.14. The molecule has 0 aliphatic carbocycles. The molecule has 0 aromatic heterocycles. The van der Waals surface area contributed by atoms with Crippen molar-refractivity contribution < 1.29 is 0 Å². The summed E-state index contributed by atoms with van der Waals surface area (Å²) in [4.78, 5) is 0. The van der Waals surface area contributed by atoms with Crippen molar-refractivity contribution in [1.82, 2.24) is 0 Å². The van der Waals surface area contributed by atoms with Gasteiger partial charge in [-0.3, -0.25) is 0 Å². The Bertz CT molecular complexity index is 52.1. The first-order valence-corrected chi connectivity index (χ1v) is 5.21.